The minimum absolute atomic E-state index is 0.000251. The third kappa shape index (κ3) is 4.94. The van der Waals surface area contributed by atoms with Crippen molar-refractivity contribution in [1.29, 1.82) is 0 Å². The molecule has 3 amide bonds. The van der Waals surface area contributed by atoms with Gasteiger partial charge in [0.2, 0.25) is 17.7 Å². The second kappa shape index (κ2) is 11.8. The monoisotopic (exact) mass is 656 g/mol. The van der Waals surface area contributed by atoms with Crippen LogP contribution in [-0.4, -0.2) is 83.3 Å². The number of carbonyl (C=O) groups is 3. The normalized spacial score (nSPS) is 27.8. The maximum absolute atomic E-state index is 14.1. The summed E-state index contributed by atoms with van der Waals surface area (Å²) in [6.45, 7) is 2.88. The predicted molar refractivity (Wildman–Crippen MR) is 162 cm³/mol. The fourth-order valence-corrected chi connectivity index (χ4v) is 10.3. The Hall–Kier alpha value is -3.16. The number of aliphatic hydroxyl groups is 1. The zero-order chi connectivity index (χ0) is 29.4. The Balaban J connectivity index is 1.26. The Morgan fingerprint density at radius 3 is 2.71 bits per heavy atom. The van der Waals surface area contributed by atoms with E-state index in [1.165, 1.54) is 0 Å². The van der Waals surface area contributed by atoms with Crippen LogP contribution in [0.1, 0.15) is 26.2 Å². The third-order valence-corrected chi connectivity index (χ3v) is 11.6. The number of aromatic nitrogens is 3. The molecule has 3 aliphatic rings. The number of amides is 3. The van der Waals surface area contributed by atoms with Crippen LogP contribution in [0.3, 0.4) is 0 Å². The van der Waals surface area contributed by atoms with Gasteiger partial charge in [-0.15, -0.1) is 16.9 Å². The lowest BCUT2D eigenvalue weighted by Crippen LogP contribution is -2.54. The van der Waals surface area contributed by atoms with Gasteiger partial charge in [0.25, 0.3) is 0 Å². The number of alkyl halides is 1. The molecule has 11 nitrogen and oxygen atoms in total. The topological polar surface area (TPSA) is 139 Å². The van der Waals surface area contributed by atoms with Gasteiger partial charge in [0.1, 0.15) is 24.0 Å². The van der Waals surface area contributed by atoms with Gasteiger partial charge in [0.15, 0.2) is 0 Å². The molecule has 2 bridgehead atoms. The van der Waals surface area contributed by atoms with Gasteiger partial charge in [0.05, 0.1) is 28.7 Å². The molecule has 6 atom stereocenters. The van der Waals surface area contributed by atoms with Crippen LogP contribution in [0.4, 0.5) is 5.69 Å². The first kappa shape index (κ1) is 28.9. The van der Waals surface area contributed by atoms with Gasteiger partial charge >= 0.3 is 0 Å². The van der Waals surface area contributed by atoms with Crippen molar-refractivity contribution >= 4 is 62.1 Å². The molecule has 3 aliphatic heterocycles. The fourth-order valence-electron chi connectivity index (χ4n) is 6.67. The van der Waals surface area contributed by atoms with Gasteiger partial charge in [-0.3, -0.25) is 14.4 Å². The number of nitrogens with zero attached hydrogens (tertiary/aromatic N) is 4. The molecule has 42 heavy (non-hydrogen) atoms. The number of aliphatic hydroxyl groups excluding tert-OH is 1. The Bertz CT molecular complexity index is 1490. The first-order chi connectivity index (χ1) is 20.4. The number of hydrogen-bond donors (Lipinski definition) is 3. The van der Waals surface area contributed by atoms with Crippen LogP contribution >= 0.6 is 27.7 Å². The van der Waals surface area contributed by atoms with E-state index in [4.69, 9.17) is 4.74 Å². The van der Waals surface area contributed by atoms with Gasteiger partial charge in [-0.05, 0) is 62.6 Å². The molecule has 1 spiro atoms. The maximum Gasteiger partial charge on any atom is 0.245 e. The first-order valence-corrected chi connectivity index (χ1v) is 16.0. The highest BCUT2D eigenvalue weighted by molar-refractivity contribution is 9.09. The SMILES string of the molecule is CCOc1ccc(NC(=O)[C@H]2[C@@H]3SC4(CC3Br)C(C(=O)NCn3nnc5ccccc53)N(CCCCO)C(=O)[C@H]24)cc1. The number of unbranched alkanes of at least 4 members (excludes halogenated alkanes) is 1. The highest BCUT2D eigenvalue weighted by Crippen LogP contribution is 2.67. The number of hydrogen-bond acceptors (Lipinski definition) is 8. The van der Waals surface area contributed by atoms with Crippen molar-refractivity contribution in [2.75, 3.05) is 25.1 Å². The number of likely N-dealkylation sites (tertiary alicyclic amines) is 1. The van der Waals surface area contributed by atoms with Crippen molar-refractivity contribution in [3.63, 3.8) is 0 Å². The quantitative estimate of drug-likeness (QED) is 0.212. The van der Waals surface area contributed by atoms with Crippen molar-refractivity contribution in [2.24, 2.45) is 11.8 Å². The number of thioether (sulfide) groups is 1. The highest BCUT2D eigenvalue weighted by atomic mass is 79.9. The lowest BCUT2D eigenvalue weighted by Gasteiger charge is -2.35. The molecule has 222 valence electrons. The number of fused-ring (bicyclic) bond motifs is 2. The maximum atomic E-state index is 14.1. The average Bonchev–Trinajstić information content (AvgIpc) is 3.70. The lowest BCUT2D eigenvalue weighted by atomic mass is 9.70. The summed E-state index contributed by atoms with van der Waals surface area (Å²) in [6, 6.07) is 13.9. The lowest BCUT2D eigenvalue weighted by molar-refractivity contribution is -0.139. The summed E-state index contributed by atoms with van der Waals surface area (Å²) in [5.41, 5.74) is 2.13. The summed E-state index contributed by atoms with van der Waals surface area (Å²) in [6.07, 6.45) is 1.66. The van der Waals surface area contributed by atoms with Crippen LogP contribution < -0.4 is 15.4 Å². The zero-order valence-corrected chi connectivity index (χ0v) is 25.5. The van der Waals surface area contributed by atoms with E-state index in [9.17, 15) is 19.5 Å². The Kier molecular flexibility index (Phi) is 8.16. The Morgan fingerprint density at radius 1 is 1.17 bits per heavy atom. The number of ether oxygens (including phenoxy) is 1. The van der Waals surface area contributed by atoms with Crippen LogP contribution in [0.5, 0.6) is 5.75 Å². The molecule has 3 aromatic rings. The van der Waals surface area contributed by atoms with Crippen LogP contribution in [-0.2, 0) is 21.1 Å². The van der Waals surface area contributed by atoms with Crippen molar-refractivity contribution in [3.05, 3.63) is 48.5 Å². The van der Waals surface area contributed by atoms with Gasteiger partial charge in [0, 0.05) is 28.9 Å². The minimum atomic E-state index is -0.762. The van der Waals surface area contributed by atoms with E-state index in [1.807, 2.05) is 31.2 Å². The molecular weight excluding hydrogens is 624 g/mol. The minimum Gasteiger partial charge on any atom is -0.494 e. The summed E-state index contributed by atoms with van der Waals surface area (Å²) >= 11 is 5.38. The number of benzene rings is 2. The van der Waals surface area contributed by atoms with Crippen LogP contribution in [0.2, 0.25) is 0 Å². The van der Waals surface area contributed by atoms with Crippen LogP contribution in [0, 0.1) is 11.8 Å². The molecule has 1 aromatic heterocycles. The predicted octanol–water partition coefficient (Wildman–Crippen LogP) is 2.78. The van der Waals surface area contributed by atoms with Crippen LogP contribution in [0.15, 0.2) is 48.5 Å². The summed E-state index contributed by atoms with van der Waals surface area (Å²) < 4.78 is 6.37. The van der Waals surface area contributed by atoms with Gasteiger partial charge in [-0.25, -0.2) is 4.68 Å². The summed E-state index contributed by atoms with van der Waals surface area (Å²) in [5, 5.41) is 23.6. The van der Waals surface area contributed by atoms with Crippen molar-refractivity contribution < 1.29 is 24.2 Å². The largest absolute Gasteiger partial charge is 0.494 e. The zero-order valence-electron chi connectivity index (χ0n) is 23.1. The van der Waals surface area contributed by atoms with E-state index < -0.39 is 22.6 Å². The molecule has 3 N–H and O–H groups in total. The van der Waals surface area contributed by atoms with Gasteiger partial charge in [-0.2, -0.15) is 0 Å². The molecule has 0 saturated carbocycles. The summed E-state index contributed by atoms with van der Waals surface area (Å²) in [7, 11) is 0. The molecule has 2 aromatic carbocycles. The van der Waals surface area contributed by atoms with E-state index >= 15 is 0 Å². The van der Waals surface area contributed by atoms with Crippen molar-refractivity contribution in [1.82, 2.24) is 25.2 Å². The molecule has 3 fully saturated rings. The van der Waals surface area contributed by atoms with Crippen molar-refractivity contribution in [2.45, 2.75) is 53.7 Å². The molecule has 0 aliphatic carbocycles. The van der Waals surface area contributed by atoms with E-state index in [-0.39, 0.29) is 41.1 Å². The number of anilines is 1. The second-order valence-corrected chi connectivity index (χ2v) is 13.6. The smallest absolute Gasteiger partial charge is 0.245 e. The van der Waals surface area contributed by atoms with E-state index in [2.05, 4.69) is 36.9 Å². The Labute approximate surface area is 255 Å². The van der Waals surface area contributed by atoms with E-state index in [0.717, 1.165) is 11.0 Å². The Morgan fingerprint density at radius 2 is 1.95 bits per heavy atom. The molecule has 6 rings (SSSR count). The molecule has 3 unspecified atom stereocenters. The third-order valence-electron chi connectivity index (χ3n) is 8.40. The molecule has 3 saturated heterocycles. The van der Waals surface area contributed by atoms with E-state index in [1.54, 1.807) is 45.6 Å². The highest BCUT2D eigenvalue weighted by Gasteiger charge is 2.75. The van der Waals surface area contributed by atoms with Gasteiger partial charge < -0.3 is 25.4 Å². The number of nitrogens with one attached hydrogen (secondary N) is 2. The molecule has 13 heteroatoms. The molecule has 0 radical (unpaired) electrons. The second-order valence-electron chi connectivity index (χ2n) is 10.8. The number of halogens is 1. The summed E-state index contributed by atoms with van der Waals surface area (Å²) in [4.78, 5) is 43.5. The number of carbonyl (C=O) groups excluding carboxylic acids is 3. The standard InChI is InChI=1S/C29H33BrN6O5S/c1-2-41-18-11-9-17(10-12-18)32-26(38)22-23-28(40)35(13-5-6-14-37)25(29(23)15-19(30)24(22)42-29)27(39)31-16-36-21-8-4-3-7-20(21)33-34-36/h3-4,7-12,19,22-25,37H,2,5-6,13-16H2,1H3,(H,31,39)(H,32,38)/t19?,22-,23+,24-,25?,29?/m1/s1. The fraction of sp³-hybridized carbons (Fsp3) is 0.483. The number of para-hydroxylation sites is 1. The van der Waals surface area contributed by atoms with Crippen LogP contribution in [0.25, 0.3) is 11.0 Å². The van der Waals surface area contributed by atoms with Gasteiger partial charge in [-0.1, -0.05) is 33.3 Å². The summed E-state index contributed by atoms with van der Waals surface area (Å²) in [5.74, 6) is -1.23. The molecule has 4 heterocycles. The first-order valence-electron chi connectivity index (χ1n) is 14.2. The average molecular weight is 658 g/mol. The number of rotatable bonds is 11. The molecular formula is C29H33BrN6O5S. The van der Waals surface area contributed by atoms with E-state index in [0.29, 0.717) is 43.9 Å². The van der Waals surface area contributed by atoms with Crippen molar-refractivity contribution in [3.8, 4) is 5.75 Å².